The largest absolute Gasteiger partial charge is 0.313 e. The number of hydrogen-bond acceptors (Lipinski definition) is 1. The molecule has 0 spiro atoms. The van der Waals surface area contributed by atoms with Gasteiger partial charge in [-0.25, -0.2) is 0 Å². The molecule has 0 atom stereocenters. The van der Waals surface area contributed by atoms with Gasteiger partial charge in [0.2, 0.25) is 0 Å². The van der Waals surface area contributed by atoms with Gasteiger partial charge in [-0.1, -0.05) is 83.3 Å². The van der Waals surface area contributed by atoms with E-state index in [1.807, 2.05) is 0 Å². The first-order valence-electron chi connectivity index (χ1n) is 8.12. The van der Waals surface area contributed by atoms with Crippen LogP contribution in [0.1, 0.15) is 84.5 Å². The minimum Gasteiger partial charge on any atom is -0.313 e. The molecule has 0 unspecified atom stereocenters. The average Bonchev–Trinajstić information content (AvgIpc) is 2.34. The van der Waals surface area contributed by atoms with Crippen molar-refractivity contribution in [2.24, 2.45) is 0 Å². The summed E-state index contributed by atoms with van der Waals surface area (Å²) in [6, 6.07) is 0. The van der Waals surface area contributed by atoms with Gasteiger partial charge in [0.25, 0.3) is 0 Å². The molecule has 1 nitrogen and oxygen atoms in total. The third kappa shape index (κ3) is 15.7. The third-order valence-electron chi connectivity index (χ3n) is 3.38. The molecule has 1 heteroatoms. The Bertz CT molecular complexity index is 174. The number of nitrogens with one attached hydrogen (secondary N) is 1. The Morgan fingerprint density at radius 3 is 1.67 bits per heavy atom. The number of hydrogen-bond donors (Lipinski definition) is 1. The lowest BCUT2D eigenvalue weighted by Crippen LogP contribution is -2.16. The summed E-state index contributed by atoms with van der Waals surface area (Å²) in [5.74, 6) is 0. The van der Waals surface area contributed by atoms with E-state index in [4.69, 9.17) is 0 Å². The van der Waals surface area contributed by atoms with Crippen molar-refractivity contribution in [3.63, 3.8) is 0 Å². The minimum atomic E-state index is 0.984. The SMILES string of the molecule is C=C(C)CNCCCCCCCCCCCCC. The van der Waals surface area contributed by atoms with Crippen molar-refractivity contribution in [1.82, 2.24) is 5.32 Å². The van der Waals surface area contributed by atoms with Gasteiger partial charge in [-0.05, 0) is 19.9 Å². The van der Waals surface area contributed by atoms with E-state index in [1.54, 1.807) is 0 Å². The quantitative estimate of drug-likeness (QED) is 0.320. The van der Waals surface area contributed by atoms with E-state index in [0.717, 1.165) is 13.1 Å². The van der Waals surface area contributed by atoms with E-state index in [1.165, 1.54) is 76.2 Å². The standard InChI is InChI=1S/C17H35N/c1-4-5-6-7-8-9-10-11-12-13-14-15-18-16-17(2)3/h18H,2,4-16H2,1,3H3. The first-order valence-corrected chi connectivity index (χ1v) is 8.12. The van der Waals surface area contributed by atoms with Crippen molar-refractivity contribution in [2.45, 2.75) is 84.5 Å². The highest BCUT2D eigenvalue weighted by Gasteiger charge is 1.93. The van der Waals surface area contributed by atoms with Crippen molar-refractivity contribution >= 4 is 0 Å². The van der Waals surface area contributed by atoms with E-state index in [0.29, 0.717) is 0 Å². The second kappa shape index (κ2) is 14.8. The molecule has 0 aliphatic rings. The Balaban J connectivity index is 2.92. The topological polar surface area (TPSA) is 12.0 Å². The zero-order valence-electron chi connectivity index (χ0n) is 12.9. The zero-order chi connectivity index (χ0) is 13.5. The predicted molar refractivity (Wildman–Crippen MR) is 84.1 cm³/mol. The molecule has 0 bridgehead atoms. The normalized spacial score (nSPS) is 10.8. The second-order valence-electron chi connectivity index (χ2n) is 5.67. The predicted octanol–water partition coefficient (Wildman–Crippen LogP) is 5.46. The fraction of sp³-hybridized carbons (Fsp3) is 0.882. The van der Waals surface area contributed by atoms with Crippen LogP contribution in [0.25, 0.3) is 0 Å². The average molecular weight is 253 g/mol. The molecule has 0 aliphatic heterocycles. The van der Waals surface area contributed by atoms with Gasteiger partial charge in [0.15, 0.2) is 0 Å². The molecule has 0 radical (unpaired) electrons. The van der Waals surface area contributed by atoms with Gasteiger partial charge in [-0.3, -0.25) is 0 Å². The molecule has 0 aromatic heterocycles. The highest BCUT2D eigenvalue weighted by molar-refractivity contribution is 4.90. The van der Waals surface area contributed by atoms with Crippen LogP contribution >= 0.6 is 0 Å². The van der Waals surface area contributed by atoms with E-state index < -0.39 is 0 Å². The Labute approximate surface area is 115 Å². The maximum Gasteiger partial charge on any atom is 0.0159 e. The molecule has 0 aliphatic carbocycles. The maximum absolute atomic E-state index is 3.89. The van der Waals surface area contributed by atoms with Crippen LogP contribution in [0.4, 0.5) is 0 Å². The van der Waals surface area contributed by atoms with Gasteiger partial charge in [0.1, 0.15) is 0 Å². The molecular formula is C17H35N. The van der Waals surface area contributed by atoms with Gasteiger partial charge < -0.3 is 5.32 Å². The lowest BCUT2D eigenvalue weighted by atomic mass is 10.1. The molecule has 0 aromatic rings. The summed E-state index contributed by atoms with van der Waals surface area (Å²) in [6.45, 7) is 10.4. The summed E-state index contributed by atoms with van der Waals surface area (Å²) >= 11 is 0. The molecule has 0 saturated heterocycles. The third-order valence-corrected chi connectivity index (χ3v) is 3.38. The molecule has 108 valence electrons. The van der Waals surface area contributed by atoms with Gasteiger partial charge in [-0.2, -0.15) is 0 Å². The molecule has 18 heavy (non-hydrogen) atoms. The van der Waals surface area contributed by atoms with E-state index in [2.05, 4.69) is 25.7 Å². The molecule has 0 fully saturated rings. The van der Waals surface area contributed by atoms with Gasteiger partial charge >= 0.3 is 0 Å². The molecule has 0 amide bonds. The minimum absolute atomic E-state index is 0.984. The zero-order valence-corrected chi connectivity index (χ0v) is 12.9. The molecule has 0 heterocycles. The van der Waals surface area contributed by atoms with Crippen LogP contribution in [0.15, 0.2) is 12.2 Å². The highest BCUT2D eigenvalue weighted by atomic mass is 14.8. The monoisotopic (exact) mass is 253 g/mol. The summed E-state index contributed by atoms with van der Waals surface area (Å²) in [4.78, 5) is 0. The Hall–Kier alpha value is -0.300. The lowest BCUT2D eigenvalue weighted by Gasteiger charge is -2.04. The fourth-order valence-corrected chi connectivity index (χ4v) is 2.22. The highest BCUT2D eigenvalue weighted by Crippen LogP contribution is 2.10. The van der Waals surface area contributed by atoms with E-state index >= 15 is 0 Å². The Kier molecular flexibility index (Phi) is 14.5. The van der Waals surface area contributed by atoms with Crippen LogP contribution in [-0.4, -0.2) is 13.1 Å². The fourth-order valence-electron chi connectivity index (χ4n) is 2.22. The van der Waals surface area contributed by atoms with Gasteiger partial charge in [0.05, 0.1) is 0 Å². The smallest absolute Gasteiger partial charge is 0.0159 e. The second-order valence-corrected chi connectivity index (χ2v) is 5.67. The molecule has 1 N–H and O–H groups in total. The maximum atomic E-state index is 3.89. The number of rotatable bonds is 14. The number of unbranched alkanes of at least 4 members (excludes halogenated alkanes) is 10. The van der Waals surface area contributed by atoms with Crippen LogP contribution in [0.5, 0.6) is 0 Å². The molecule has 0 rings (SSSR count). The van der Waals surface area contributed by atoms with Crippen molar-refractivity contribution < 1.29 is 0 Å². The van der Waals surface area contributed by atoms with Crippen LogP contribution in [0.3, 0.4) is 0 Å². The lowest BCUT2D eigenvalue weighted by molar-refractivity contribution is 0.542. The van der Waals surface area contributed by atoms with Crippen molar-refractivity contribution in [2.75, 3.05) is 13.1 Å². The van der Waals surface area contributed by atoms with E-state index in [9.17, 15) is 0 Å². The first-order chi connectivity index (χ1) is 8.77. The van der Waals surface area contributed by atoms with E-state index in [-0.39, 0.29) is 0 Å². The summed E-state index contributed by atoms with van der Waals surface area (Å²) in [7, 11) is 0. The molecule has 0 aromatic carbocycles. The Morgan fingerprint density at radius 2 is 1.22 bits per heavy atom. The summed E-state index contributed by atoms with van der Waals surface area (Å²) in [5.41, 5.74) is 1.23. The van der Waals surface area contributed by atoms with Crippen LogP contribution < -0.4 is 5.32 Å². The van der Waals surface area contributed by atoms with Crippen molar-refractivity contribution in [3.05, 3.63) is 12.2 Å². The van der Waals surface area contributed by atoms with Crippen molar-refractivity contribution in [3.8, 4) is 0 Å². The van der Waals surface area contributed by atoms with Crippen LogP contribution in [0.2, 0.25) is 0 Å². The molecule has 0 saturated carbocycles. The van der Waals surface area contributed by atoms with Gasteiger partial charge in [-0.15, -0.1) is 0 Å². The van der Waals surface area contributed by atoms with Crippen LogP contribution in [-0.2, 0) is 0 Å². The first kappa shape index (κ1) is 17.7. The summed E-state index contributed by atoms with van der Waals surface area (Å²) < 4.78 is 0. The van der Waals surface area contributed by atoms with Crippen LogP contribution in [0, 0.1) is 0 Å². The molecular weight excluding hydrogens is 218 g/mol. The van der Waals surface area contributed by atoms with Gasteiger partial charge in [0, 0.05) is 6.54 Å². The van der Waals surface area contributed by atoms with Crippen molar-refractivity contribution in [1.29, 1.82) is 0 Å². The summed E-state index contributed by atoms with van der Waals surface area (Å²) in [5, 5.41) is 3.42. The Morgan fingerprint density at radius 1 is 0.778 bits per heavy atom. The summed E-state index contributed by atoms with van der Waals surface area (Å²) in [6.07, 6.45) is 15.6.